The van der Waals surface area contributed by atoms with Gasteiger partial charge in [0.25, 0.3) is 0 Å². The number of aryl methyl sites for hydroxylation is 1. The van der Waals surface area contributed by atoms with Gasteiger partial charge >= 0.3 is 5.69 Å². The van der Waals surface area contributed by atoms with Gasteiger partial charge in [-0.25, -0.2) is 4.79 Å². The van der Waals surface area contributed by atoms with Gasteiger partial charge in [0, 0.05) is 17.5 Å². The van der Waals surface area contributed by atoms with Crippen molar-refractivity contribution in [2.45, 2.75) is 0 Å². The highest BCUT2D eigenvalue weighted by atomic mass is 35.5. The maximum absolute atomic E-state index is 13.1. The summed E-state index contributed by atoms with van der Waals surface area (Å²) in [6.45, 7) is 0. The number of rotatable bonds is 2. The standard InChI is InChI=1S/C24H15ClN4O/c1-28-22-14-27-21-10-7-17(16-5-8-18(25)9-6-16)12-20(21)23(22)29(24(28)30)19-4-2-3-15(11-19)13-26/h2-12,14H,1H3. The van der Waals surface area contributed by atoms with E-state index in [1.807, 2.05) is 48.5 Å². The van der Waals surface area contributed by atoms with Gasteiger partial charge in [-0.3, -0.25) is 14.1 Å². The van der Waals surface area contributed by atoms with Crippen LogP contribution in [0.15, 0.2) is 77.7 Å². The number of nitrogens with zero attached hydrogens (tertiary/aromatic N) is 4. The molecule has 0 amide bonds. The van der Waals surface area contributed by atoms with Crippen molar-refractivity contribution in [1.29, 1.82) is 5.26 Å². The molecule has 30 heavy (non-hydrogen) atoms. The first-order valence-corrected chi connectivity index (χ1v) is 9.71. The van der Waals surface area contributed by atoms with Crippen molar-refractivity contribution in [2.75, 3.05) is 0 Å². The molecule has 0 N–H and O–H groups in total. The summed E-state index contributed by atoms with van der Waals surface area (Å²) in [6, 6.07) is 22.8. The van der Waals surface area contributed by atoms with E-state index < -0.39 is 0 Å². The lowest BCUT2D eigenvalue weighted by Gasteiger charge is -2.08. The fraction of sp³-hybridized carbons (Fsp3) is 0.0417. The molecule has 2 heterocycles. The molecule has 0 aliphatic heterocycles. The van der Waals surface area contributed by atoms with Crippen molar-refractivity contribution in [3.8, 4) is 22.9 Å². The minimum absolute atomic E-state index is 0.189. The highest BCUT2D eigenvalue weighted by Gasteiger charge is 2.17. The molecule has 5 aromatic rings. The Labute approximate surface area is 177 Å². The van der Waals surface area contributed by atoms with E-state index in [4.69, 9.17) is 11.6 Å². The number of nitriles is 1. The third-order valence-corrected chi connectivity index (χ3v) is 5.55. The summed E-state index contributed by atoms with van der Waals surface area (Å²) < 4.78 is 3.22. The molecule has 0 radical (unpaired) electrons. The first kappa shape index (κ1) is 18.2. The van der Waals surface area contributed by atoms with Crippen LogP contribution in [-0.2, 0) is 7.05 Å². The predicted octanol–water partition coefficient (Wildman–Crippen LogP) is 5.07. The second-order valence-electron chi connectivity index (χ2n) is 7.07. The van der Waals surface area contributed by atoms with Crippen molar-refractivity contribution in [2.24, 2.45) is 7.05 Å². The fourth-order valence-electron chi connectivity index (χ4n) is 3.77. The molecular weight excluding hydrogens is 396 g/mol. The van der Waals surface area contributed by atoms with E-state index in [9.17, 15) is 10.1 Å². The predicted molar refractivity (Wildman–Crippen MR) is 119 cm³/mol. The van der Waals surface area contributed by atoms with Gasteiger partial charge in [-0.05, 0) is 53.6 Å². The molecule has 5 rings (SSSR count). The number of halogens is 1. The molecule has 6 heteroatoms. The third kappa shape index (κ3) is 2.78. The summed E-state index contributed by atoms with van der Waals surface area (Å²) in [4.78, 5) is 17.7. The molecule has 144 valence electrons. The quantitative estimate of drug-likeness (QED) is 0.408. The lowest BCUT2D eigenvalue weighted by Crippen LogP contribution is -2.20. The van der Waals surface area contributed by atoms with Gasteiger partial charge in [-0.15, -0.1) is 0 Å². The summed E-state index contributed by atoms with van der Waals surface area (Å²) in [5.41, 5.74) is 5.26. The Bertz CT molecular complexity index is 1540. The van der Waals surface area contributed by atoms with Crippen LogP contribution in [0.2, 0.25) is 5.02 Å². The number of hydrogen-bond donors (Lipinski definition) is 0. The van der Waals surface area contributed by atoms with Gasteiger partial charge in [-0.2, -0.15) is 5.26 Å². The molecule has 0 bridgehead atoms. The van der Waals surface area contributed by atoms with Gasteiger partial charge in [0.1, 0.15) is 0 Å². The average molecular weight is 411 g/mol. The van der Waals surface area contributed by atoms with E-state index in [1.54, 1.807) is 40.6 Å². The molecule has 0 aliphatic carbocycles. The zero-order chi connectivity index (χ0) is 20.8. The molecule has 0 atom stereocenters. The van der Waals surface area contributed by atoms with Gasteiger partial charge < -0.3 is 0 Å². The first-order valence-electron chi connectivity index (χ1n) is 9.33. The second-order valence-corrected chi connectivity index (χ2v) is 7.51. The molecule has 5 nitrogen and oxygen atoms in total. The minimum Gasteiger partial charge on any atom is -0.293 e. The summed E-state index contributed by atoms with van der Waals surface area (Å²) in [6.07, 6.45) is 1.71. The van der Waals surface area contributed by atoms with Crippen LogP contribution in [-0.4, -0.2) is 14.1 Å². The number of pyridine rings is 1. The molecule has 0 saturated carbocycles. The maximum Gasteiger partial charge on any atom is 0.333 e. The zero-order valence-electron chi connectivity index (χ0n) is 16.0. The zero-order valence-corrected chi connectivity index (χ0v) is 16.8. The topological polar surface area (TPSA) is 63.6 Å². The Morgan fingerprint density at radius 3 is 2.53 bits per heavy atom. The molecule has 0 saturated heterocycles. The van der Waals surface area contributed by atoms with Gasteiger partial charge in [-0.1, -0.05) is 35.9 Å². The molecule has 2 aromatic heterocycles. The third-order valence-electron chi connectivity index (χ3n) is 5.29. The number of aromatic nitrogens is 3. The smallest absolute Gasteiger partial charge is 0.293 e. The van der Waals surface area contributed by atoms with Gasteiger partial charge in [0.05, 0.1) is 40.1 Å². The van der Waals surface area contributed by atoms with Crippen molar-refractivity contribution in [3.63, 3.8) is 0 Å². The Balaban J connectivity index is 1.87. The van der Waals surface area contributed by atoms with E-state index in [0.29, 0.717) is 16.3 Å². The van der Waals surface area contributed by atoms with Crippen molar-refractivity contribution in [1.82, 2.24) is 14.1 Å². The number of benzene rings is 3. The van der Waals surface area contributed by atoms with Crippen LogP contribution in [0.25, 0.3) is 38.8 Å². The lowest BCUT2D eigenvalue weighted by atomic mass is 10.0. The Morgan fingerprint density at radius 2 is 1.77 bits per heavy atom. The Kier molecular flexibility index (Phi) is 4.16. The molecule has 3 aromatic carbocycles. The first-order chi connectivity index (χ1) is 14.6. The number of imidazole rings is 1. The Morgan fingerprint density at radius 1 is 1.00 bits per heavy atom. The van der Waals surface area contributed by atoms with Crippen LogP contribution in [0, 0.1) is 11.3 Å². The van der Waals surface area contributed by atoms with E-state index in [2.05, 4.69) is 11.1 Å². The van der Waals surface area contributed by atoms with Crippen LogP contribution in [0.3, 0.4) is 0 Å². The van der Waals surface area contributed by atoms with Crippen LogP contribution in [0.5, 0.6) is 0 Å². The van der Waals surface area contributed by atoms with Crippen LogP contribution >= 0.6 is 11.6 Å². The highest BCUT2D eigenvalue weighted by molar-refractivity contribution is 6.30. The molecule has 0 spiro atoms. The van der Waals surface area contributed by atoms with E-state index in [0.717, 1.165) is 33.1 Å². The normalized spacial score (nSPS) is 11.1. The average Bonchev–Trinajstić information content (AvgIpc) is 3.04. The molecule has 0 unspecified atom stereocenters. The van der Waals surface area contributed by atoms with Gasteiger partial charge in [0.2, 0.25) is 0 Å². The van der Waals surface area contributed by atoms with Crippen LogP contribution in [0.1, 0.15) is 5.56 Å². The summed E-state index contributed by atoms with van der Waals surface area (Å²) in [5, 5.41) is 10.8. The van der Waals surface area contributed by atoms with Crippen molar-refractivity contribution >= 4 is 33.5 Å². The summed E-state index contributed by atoms with van der Waals surface area (Å²) in [5.74, 6) is 0. The van der Waals surface area contributed by atoms with Crippen LogP contribution in [0.4, 0.5) is 0 Å². The second kappa shape index (κ2) is 6.87. The SMILES string of the molecule is Cn1c(=O)n(-c2cccc(C#N)c2)c2c3cc(-c4ccc(Cl)cc4)ccc3ncc21. The number of fused-ring (bicyclic) bond motifs is 3. The Hall–Kier alpha value is -3.88. The fourth-order valence-corrected chi connectivity index (χ4v) is 3.90. The van der Waals surface area contributed by atoms with Crippen molar-refractivity contribution in [3.05, 3.63) is 94.0 Å². The number of hydrogen-bond acceptors (Lipinski definition) is 3. The molecular formula is C24H15ClN4O. The summed E-state index contributed by atoms with van der Waals surface area (Å²) in [7, 11) is 1.73. The van der Waals surface area contributed by atoms with Gasteiger partial charge in [0.15, 0.2) is 0 Å². The highest BCUT2D eigenvalue weighted by Crippen LogP contribution is 2.30. The monoisotopic (exact) mass is 410 g/mol. The van der Waals surface area contributed by atoms with Crippen LogP contribution < -0.4 is 5.69 Å². The maximum atomic E-state index is 13.1. The molecule has 0 fully saturated rings. The summed E-state index contributed by atoms with van der Waals surface area (Å²) >= 11 is 6.03. The largest absolute Gasteiger partial charge is 0.333 e. The van der Waals surface area contributed by atoms with Crippen molar-refractivity contribution < 1.29 is 0 Å². The molecule has 0 aliphatic rings. The minimum atomic E-state index is -0.189. The van der Waals surface area contributed by atoms with E-state index >= 15 is 0 Å². The van der Waals surface area contributed by atoms with E-state index in [-0.39, 0.29) is 5.69 Å². The lowest BCUT2D eigenvalue weighted by molar-refractivity contribution is 0.845. The van der Waals surface area contributed by atoms with E-state index in [1.165, 1.54) is 0 Å².